The van der Waals surface area contributed by atoms with Crippen LogP contribution in [0.3, 0.4) is 0 Å². The number of aromatic nitrogens is 2. The van der Waals surface area contributed by atoms with E-state index in [9.17, 15) is 9.18 Å². The lowest BCUT2D eigenvalue weighted by Gasteiger charge is -2.10. The second kappa shape index (κ2) is 7.61. The monoisotopic (exact) mass is 319 g/mol. The summed E-state index contributed by atoms with van der Waals surface area (Å²) < 4.78 is 19.8. The van der Waals surface area contributed by atoms with E-state index in [0.29, 0.717) is 23.7 Å². The number of benzene rings is 1. The number of unbranched alkanes of at least 4 members (excludes halogenated alkanes) is 1. The summed E-state index contributed by atoms with van der Waals surface area (Å²) in [5.41, 5.74) is 0.903. The van der Waals surface area contributed by atoms with E-state index in [-0.39, 0.29) is 18.1 Å². The van der Waals surface area contributed by atoms with E-state index in [1.807, 2.05) is 12.3 Å². The number of halogens is 1. The zero-order chi connectivity index (χ0) is 15.9. The van der Waals surface area contributed by atoms with Gasteiger partial charge in [0.1, 0.15) is 5.82 Å². The number of rotatable bonds is 6. The maximum Gasteiger partial charge on any atom is 0.357 e. The number of nitrogens with zero attached hydrogens (tertiary/aromatic N) is 3. The number of thioether (sulfide) groups is 1. The van der Waals surface area contributed by atoms with Crippen molar-refractivity contribution >= 4 is 17.7 Å². The molecule has 0 saturated carbocycles. The van der Waals surface area contributed by atoms with E-state index in [0.717, 1.165) is 0 Å². The van der Waals surface area contributed by atoms with E-state index < -0.39 is 5.97 Å². The van der Waals surface area contributed by atoms with Crippen molar-refractivity contribution in [1.82, 2.24) is 9.55 Å². The molecule has 0 bridgehead atoms. The Kier molecular flexibility index (Phi) is 5.55. The lowest BCUT2D eigenvalue weighted by molar-refractivity contribution is 0.0491. The Morgan fingerprint density at radius 3 is 2.82 bits per heavy atom. The van der Waals surface area contributed by atoms with Crippen molar-refractivity contribution in [3.8, 4) is 11.8 Å². The Hall–Kier alpha value is -2.33. The topological polar surface area (TPSA) is 67.9 Å². The summed E-state index contributed by atoms with van der Waals surface area (Å²) in [5.74, 6) is -0.870. The van der Waals surface area contributed by atoms with Crippen LogP contribution >= 0.6 is 11.8 Å². The van der Waals surface area contributed by atoms with E-state index in [1.54, 1.807) is 16.7 Å². The molecule has 0 amide bonds. The van der Waals surface area contributed by atoms with Gasteiger partial charge in [-0.3, -0.25) is 4.57 Å². The Balaban J connectivity index is 2.25. The normalized spacial score (nSPS) is 10.2. The molecular formula is C15H14FN3O2S. The lowest BCUT2D eigenvalue weighted by atomic mass is 10.3. The molecule has 0 spiro atoms. The summed E-state index contributed by atoms with van der Waals surface area (Å²) in [5, 5.41) is 9.07. The second-order valence-electron chi connectivity index (χ2n) is 4.34. The average Bonchev–Trinajstić information content (AvgIpc) is 2.96. The highest BCUT2D eigenvalue weighted by molar-refractivity contribution is 7.98. The third-order valence-electron chi connectivity index (χ3n) is 2.87. The molecule has 2 rings (SSSR count). The van der Waals surface area contributed by atoms with Gasteiger partial charge in [0.15, 0.2) is 10.9 Å². The van der Waals surface area contributed by atoms with Crippen molar-refractivity contribution in [3.05, 3.63) is 42.0 Å². The lowest BCUT2D eigenvalue weighted by Crippen LogP contribution is -2.12. The molecule has 114 valence electrons. The van der Waals surface area contributed by atoms with Crippen LogP contribution in [0, 0.1) is 17.1 Å². The van der Waals surface area contributed by atoms with Gasteiger partial charge in [-0.1, -0.05) is 11.8 Å². The minimum absolute atomic E-state index is 0.176. The first-order chi connectivity index (χ1) is 10.7. The number of esters is 1. The smallest absolute Gasteiger partial charge is 0.357 e. The number of hydrogen-bond acceptors (Lipinski definition) is 5. The Morgan fingerprint density at radius 1 is 1.45 bits per heavy atom. The van der Waals surface area contributed by atoms with Crippen molar-refractivity contribution < 1.29 is 13.9 Å². The molecule has 1 heterocycles. The van der Waals surface area contributed by atoms with Crippen molar-refractivity contribution in [2.75, 3.05) is 12.9 Å². The molecule has 1 aromatic carbocycles. The number of imidazole rings is 1. The zero-order valence-corrected chi connectivity index (χ0v) is 12.8. The third kappa shape index (κ3) is 3.65. The van der Waals surface area contributed by atoms with Crippen molar-refractivity contribution in [1.29, 1.82) is 5.26 Å². The largest absolute Gasteiger partial charge is 0.461 e. The molecule has 0 saturated heterocycles. The van der Waals surface area contributed by atoms with Gasteiger partial charge in [-0.15, -0.1) is 0 Å². The number of carbonyl (C=O) groups is 1. The standard InChI is InChI=1S/C15H14FN3O2S/c1-22-15-18-10-13(14(20)21-9-3-2-8-17)19(15)12-6-4-11(16)5-7-12/h4-7,10H,2-3,9H2,1H3. The molecule has 2 aromatic rings. The van der Waals surface area contributed by atoms with Crippen LogP contribution in [0.5, 0.6) is 0 Å². The maximum atomic E-state index is 13.1. The fourth-order valence-electron chi connectivity index (χ4n) is 1.85. The molecule has 0 atom stereocenters. The van der Waals surface area contributed by atoms with Crippen LogP contribution in [0.1, 0.15) is 23.3 Å². The summed E-state index contributed by atoms with van der Waals surface area (Å²) in [6.07, 6.45) is 4.09. The molecule has 7 heteroatoms. The van der Waals surface area contributed by atoms with Crippen molar-refractivity contribution in [2.24, 2.45) is 0 Å². The molecule has 0 unspecified atom stereocenters. The van der Waals surface area contributed by atoms with Gasteiger partial charge >= 0.3 is 5.97 Å². The van der Waals surface area contributed by atoms with Gasteiger partial charge in [0.2, 0.25) is 0 Å². The average molecular weight is 319 g/mol. The minimum Gasteiger partial charge on any atom is -0.461 e. The Morgan fingerprint density at radius 2 is 2.18 bits per heavy atom. The summed E-state index contributed by atoms with van der Waals surface area (Å²) in [7, 11) is 0. The van der Waals surface area contributed by atoms with Crippen LogP contribution in [0.4, 0.5) is 4.39 Å². The first-order valence-corrected chi connectivity index (χ1v) is 7.81. The highest BCUT2D eigenvalue weighted by Crippen LogP contribution is 2.22. The maximum absolute atomic E-state index is 13.1. The van der Waals surface area contributed by atoms with E-state index >= 15 is 0 Å². The zero-order valence-electron chi connectivity index (χ0n) is 12.0. The quantitative estimate of drug-likeness (QED) is 0.465. The van der Waals surface area contributed by atoms with Crippen LogP contribution < -0.4 is 0 Å². The van der Waals surface area contributed by atoms with Crippen LogP contribution in [0.2, 0.25) is 0 Å². The molecule has 0 aliphatic rings. The number of nitriles is 1. The first-order valence-electron chi connectivity index (χ1n) is 6.59. The number of hydrogen-bond donors (Lipinski definition) is 0. The van der Waals surface area contributed by atoms with E-state index in [4.69, 9.17) is 10.00 Å². The molecule has 22 heavy (non-hydrogen) atoms. The summed E-state index contributed by atoms with van der Waals surface area (Å²) in [6.45, 7) is 0.176. The molecule has 0 aliphatic heterocycles. The Bertz CT molecular complexity index is 692. The molecule has 0 N–H and O–H groups in total. The predicted octanol–water partition coefficient (Wildman–Crippen LogP) is 3.19. The first kappa shape index (κ1) is 16.0. The van der Waals surface area contributed by atoms with Gasteiger partial charge in [-0.05, 0) is 36.9 Å². The molecular weight excluding hydrogens is 305 g/mol. The van der Waals surface area contributed by atoms with Crippen LogP contribution in [-0.4, -0.2) is 28.4 Å². The summed E-state index contributed by atoms with van der Waals surface area (Å²) in [4.78, 5) is 16.3. The van der Waals surface area contributed by atoms with E-state index in [2.05, 4.69) is 4.98 Å². The van der Waals surface area contributed by atoms with E-state index in [1.165, 1.54) is 30.1 Å². The highest BCUT2D eigenvalue weighted by atomic mass is 32.2. The number of carbonyl (C=O) groups excluding carboxylic acids is 1. The third-order valence-corrected chi connectivity index (χ3v) is 3.53. The SMILES string of the molecule is CSc1ncc(C(=O)OCCCC#N)n1-c1ccc(F)cc1. The molecule has 0 fully saturated rings. The van der Waals surface area contributed by atoms with Gasteiger partial charge in [-0.25, -0.2) is 14.2 Å². The van der Waals surface area contributed by atoms with Gasteiger partial charge in [0.05, 0.1) is 18.9 Å². The second-order valence-corrected chi connectivity index (χ2v) is 5.11. The van der Waals surface area contributed by atoms with Crippen LogP contribution in [0.25, 0.3) is 5.69 Å². The van der Waals surface area contributed by atoms with Crippen molar-refractivity contribution in [3.63, 3.8) is 0 Å². The van der Waals surface area contributed by atoms with Gasteiger partial charge in [-0.2, -0.15) is 5.26 Å². The fraction of sp³-hybridized carbons (Fsp3) is 0.267. The van der Waals surface area contributed by atoms with Crippen LogP contribution in [-0.2, 0) is 4.74 Å². The van der Waals surface area contributed by atoms with Gasteiger partial charge in [0, 0.05) is 12.1 Å². The van der Waals surface area contributed by atoms with Crippen molar-refractivity contribution in [2.45, 2.75) is 18.0 Å². The summed E-state index contributed by atoms with van der Waals surface area (Å²) in [6, 6.07) is 7.78. The molecule has 1 aromatic heterocycles. The molecule has 0 aliphatic carbocycles. The summed E-state index contributed by atoms with van der Waals surface area (Å²) >= 11 is 1.37. The Labute approximate surface area is 131 Å². The van der Waals surface area contributed by atoms with Gasteiger partial charge < -0.3 is 4.74 Å². The fourth-order valence-corrected chi connectivity index (χ4v) is 2.40. The highest BCUT2D eigenvalue weighted by Gasteiger charge is 2.18. The predicted molar refractivity (Wildman–Crippen MR) is 80.4 cm³/mol. The minimum atomic E-state index is -0.518. The van der Waals surface area contributed by atoms with Gasteiger partial charge in [0.25, 0.3) is 0 Å². The number of ether oxygens (including phenoxy) is 1. The molecule has 0 radical (unpaired) electrons. The molecule has 5 nitrogen and oxygen atoms in total. The van der Waals surface area contributed by atoms with Crippen LogP contribution in [0.15, 0.2) is 35.6 Å².